The normalized spacial score (nSPS) is 24.2. The molecule has 0 aromatic rings. The van der Waals surface area contributed by atoms with Gasteiger partial charge in [-0.3, -0.25) is 0 Å². The quantitative estimate of drug-likeness (QED) is 0.471. The predicted molar refractivity (Wildman–Crippen MR) is 83.9 cm³/mol. The van der Waals surface area contributed by atoms with Gasteiger partial charge >= 0.3 is 0 Å². The highest BCUT2D eigenvalue weighted by Crippen LogP contribution is 2.24. The summed E-state index contributed by atoms with van der Waals surface area (Å²) in [6.45, 7) is 9.20. The monoisotopic (exact) mass is 284 g/mol. The molecular weight excluding hydrogens is 252 g/mol. The molecule has 2 N–H and O–H groups in total. The van der Waals surface area contributed by atoms with E-state index in [1.165, 1.54) is 0 Å². The first-order chi connectivity index (χ1) is 9.63. The van der Waals surface area contributed by atoms with Gasteiger partial charge in [0.05, 0.1) is 19.3 Å². The van der Waals surface area contributed by atoms with Gasteiger partial charge in [-0.15, -0.1) is 0 Å². The summed E-state index contributed by atoms with van der Waals surface area (Å²) in [5.41, 5.74) is 0. The third-order valence-corrected chi connectivity index (χ3v) is 4.15. The van der Waals surface area contributed by atoms with Crippen molar-refractivity contribution in [1.29, 1.82) is 0 Å². The lowest BCUT2D eigenvalue weighted by Crippen LogP contribution is -2.36. The number of likely N-dealkylation sites (N-methyl/N-ethyl adjacent to an activating group) is 1. The van der Waals surface area contributed by atoms with Crippen molar-refractivity contribution in [3.63, 3.8) is 0 Å². The molecule has 3 unspecified atom stereocenters. The Morgan fingerprint density at radius 1 is 1.40 bits per heavy atom. The Bertz CT molecular complexity index is 271. The molecule has 118 valence electrons. The first kappa shape index (κ1) is 17.6. The summed E-state index contributed by atoms with van der Waals surface area (Å²) in [6.07, 6.45) is 6.36. The molecule has 0 saturated heterocycles. The molecule has 0 bridgehead atoms. The Balaban J connectivity index is 1.99. The van der Waals surface area contributed by atoms with E-state index < -0.39 is 6.10 Å². The number of hydrogen-bond donors (Lipinski definition) is 2. The second kappa shape index (κ2) is 10.3. The molecule has 0 radical (unpaired) electrons. The summed E-state index contributed by atoms with van der Waals surface area (Å²) in [6, 6.07) is 0. The number of rotatable bonds is 10. The third-order valence-electron chi connectivity index (χ3n) is 4.15. The van der Waals surface area contributed by atoms with Crippen LogP contribution in [0.25, 0.3) is 0 Å². The Labute approximate surface area is 124 Å². The van der Waals surface area contributed by atoms with Crippen LogP contribution in [-0.4, -0.2) is 62.6 Å². The van der Waals surface area contributed by atoms with Crippen LogP contribution in [-0.2, 0) is 4.74 Å². The Morgan fingerprint density at radius 2 is 2.15 bits per heavy atom. The Kier molecular flexibility index (Phi) is 9.10. The summed E-state index contributed by atoms with van der Waals surface area (Å²) < 4.78 is 5.67. The minimum Gasteiger partial charge on any atom is -0.389 e. The fraction of sp³-hybridized carbons (Fsp3) is 0.875. The largest absolute Gasteiger partial charge is 0.389 e. The molecule has 4 nitrogen and oxygen atoms in total. The first-order valence-electron chi connectivity index (χ1n) is 7.93. The lowest BCUT2D eigenvalue weighted by Gasteiger charge is -2.25. The van der Waals surface area contributed by atoms with Crippen molar-refractivity contribution in [3.05, 3.63) is 12.2 Å². The molecule has 0 amide bonds. The van der Waals surface area contributed by atoms with Crippen LogP contribution in [0.4, 0.5) is 0 Å². The molecule has 0 aliphatic heterocycles. The SMILES string of the molecule is CCN(C)CCNCC(O)COCC1CC=CCC1C. The van der Waals surface area contributed by atoms with Crippen molar-refractivity contribution in [1.82, 2.24) is 10.2 Å². The van der Waals surface area contributed by atoms with Crippen LogP contribution in [0, 0.1) is 11.8 Å². The van der Waals surface area contributed by atoms with Crippen molar-refractivity contribution in [3.8, 4) is 0 Å². The first-order valence-corrected chi connectivity index (χ1v) is 7.93. The van der Waals surface area contributed by atoms with Crippen LogP contribution in [0.2, 0.25) is 0 Å². The molecule has 0 aromatic heterocycles. The van der Waals surface area contributed by atoms with Gasteiger partial charge in [0.1, 0.15) is 0 Å². The molecule has 3 atom stereocenters. The van der Waals surface area contributed by atoms with Crippen molar-refractivity contribution in [2.75, 3.05) is 46.4 Å². The van der Waals surface area contributed by atoms with Crippen LogP contribution < -0.4 is 5.32 Å². The number of aliphatic hydroxyl groups is 1. The smallest absolute Gasteiger partial charge is 0.0897 e. The maximum Gasteiger partial charge on any atom is 0.0897 e. The summed E-state index contributed by atoms with van der Waals surface area (Å²) >= 11 is 0. The highest BCUT2D eigenvalue weighted by Gasteiger charge is 2.18. The zero-order chi connectivity index (χ0) is 14.8. The van der Waals surface area contributed by atoms with E-state index in [4.69, 9.17) is 4.74 Å². The number of nitrogens with zero attached hydrogens (tertiary/aromatic N) is 1. The molecule has 1 aliphatic rings. The second-order valence-electron chi connectivity index (χ2n) is 5.97. The van der Waals surface area contributed by atoms with Crippen LogP contribution in [0.1, 0.15) is 26.7 Å². The van der Waals surface area contributed by atoms with Gasteiger partial charge in [0, 0.05) is 19.6 Å². The molecule has 0 fully saturated rings. The highest BCUT2D eigenvalue weighted by molar-refractivity contribution is 4.93. The van der Waals surface area contributed by atoms with Crippen molar-refractivity contribution in [2.24, 2.45) is 11.8 Å². The fourth-order valence-corrected chi connectivity index (χ4v) is 2.35. The summed E-state index contributed by atoms with van der Waals surface area (Å²) in [7, 11) is 2.10. The number of allylic oxidation sites excluding steroid dienone is 2. The fourth-order valence-electron chi connectivity index (χ4n) is 2.35. The van der Waals surface area contributed by atoms with Gasteiger partial charge in [-0.25, -0.2) is 0 Å². The number of hydrogen-bond acceptors (Lipinski definition) is 4. The molecule has 1 rings (SSSR count). The maximum absolute atomic E-state index is 9.85. The van der Waals surface area contributed by atoms with Crippen molar-refractivity contribution < 1.29 is 9.84 Å². The Hall–Kier alpha value is -0.420. The van der Waals surface area contributed by atoms with Crippen LogP contribution in [0.15, 0.2) is 12.2 Å². The molecular formula is C16H32N2O2. The minimum absolute atomic E-state index is 0.406. The second-order valence-corrected chi connectivity index (χ2v) is 5.97. The van der Waals surface area contributed by atoms with E-state index in [9.17, 15) is 5.11 Å². The molecule has 0 saturated carbocycles. The predicted octanol–water partition coefficient (Wildman–Crippen LogP) is 1.51. The van der Waals surface area contributed by atoms with Gasteiger partial charge in [0.25, 0.3) is 0 Å². The summed E-state index contributed by atoms with van der Waals surface area (Å²) in [5.74, 6) is 1.30. The molecule has 0 spiro atoms. The van der Waals surface area contributed by atoms with Crippen LogP contribution >= 0.6 is 0 Å². The van der Waals surface area contributed by atoms with E-state index in [0.717, 1.165) is 39.1 Å². The molecule has 0 heterocycles. The standard InChI is InChI=1S/C16H32N2O2/c1-4-18(3)10-9-17-11-16(19)13-20-12-15-8-6-5-7-14(15)2/h5-6,14-17,19H,4,7-13H2,1-3H3. The van der Waals surface area contributed by atoms with Crippen LogP contribution in [0.3, 0.4) is 0 Å². The highest BCUT2D eigenvalue weighted by atomic mass is 16.5. The van der Waals surface area contributed by atoms with E-state index >= 15 is 0 Å². The zero-order valence-corrected chi connectivity index (χ0v) is 13.3. The molecule has 20 heavy (non-hydrogen) atoms. The average molecular weight is 284 g/mol. The van der Waals surface area contributed by atoms with E-state index in [0.29, 0.717) is 25.0 Å². The van der Waals surface area contributed by atoms with Gasteiger partial charge in [0.15, 0.2) is 0 Å². The molecule has 0 aromatic carbocycles. The lowest BCUT2D eigenvalue weighted by atomic mass is 9.85. The number of ether oxygens (including phenoxy) is 1. The van der Waals surface area contributed by atoms with E-state index in [1.54, 1.807) is 0 Å². The zero-order valence-electron chi connectivity index (χ0n) is 13.3. The molecule has 4 heteroatoms. The van der Waals surface area contributed by atoms with Crippen LogP contribution in [0.5, 0.6) is 0 Å². The summed E-state index contributed by atoms with van der Waals surface area (Å²) in [5, 5.41) is 13.1. The summed E-state index contributed by atoms with van der Waals surface area (Å²) in [4.78, 5) is 2.24. The van der Waals surface area contributed by atoms with Gasteiger partial charge in [0.2, 0.25) is 0 Å². The third kappa shape index (κ3) is 7.39. The van der Waals surface area contributed by atoms with Crippen molar-refractivity contribution in [2.45, 2.75) is 32.8 Å². The Morgan fingerprint density at radius 3 is 2.85 bits per heavy atom. The lowest BCUT2D eigenvalue weighted by molar-refractivity contribution is 0.0128. The van der Waals surface area contributed by atoms with E-state index in [-0.39, 0.29) is 0 Å². The topological polar surface area (TPSA) is 44.7 Å². The van der Waals surface area contributed by atoms with Gasteiger partial charge in [-0.2, -0.15) is 0 Å². The van der Waals surface area contributed by atoms with E-state index in [2.05, 4.69) is 43.3 Å². The maximum atomic E-state index is 9.85. The number of nitrogens with one attached hydrogen (secondary N) is 1. The van der Waals surface area contributed by atoms with Gasteiger partial charge < -0.3 is 20.1 Å². The average Bonchev–Trinajstić information content (AvgIpc) is 2.45. The van der Waals surface area contributed by atoms with Crippen molar-refractivity contribution >= 4 is 0 Å². The number of aliphatic hydroxyl groups excluding tert-OH is 1. The molecule has 1 aliphatic carbocycles. The van der Waals surface area contributed by atoms with Gasteiger partial charge in [-0.1, -0.05) is 26.0 Å². The minimum atomic E-state index is -0.406. The van der Waals surface area contributed by atoms with E-state index in [1.807, 2.05) is 0 Å². The van der Waals surface area contributed by atoms with Gasteiger partial charge in [-0.05, 0) is 38.3 Å².